The molecule has 0 aromatic heterocycles. The quantitative estimate of drug-likeness (QED) is 0.658. The molecule has 2 N–H and O–H groups in total. The molecule has 0 radical (unpaired) electrons. The van der Waals surface area contributed by atoms with E-state index in [1.807, 2.05) is 13.8 Å². The summed E-state index contributed by atoms with van der Waals surface area (Å²) in [6, 6.07) is 0. The molecule has 0 aromatic carbocycles. The predicted molar refractivity (Wildman–Crippen MR) is 53.4 cm³/mol. The van der Waals surface area contributed by atoms with Crippen LogP contribution in [0.4, 0.5) is 0 Å². The molecule has 0 aliphatic rings. The van der Waals surface area contributed by atoms with Crippen molar-refractivity contribution in [2.45, 2.75) is 46.1 Å². The van der Waals surface area contributed by atoms with E-state index in [4.69, 9.17) is 0 Å². The molecule has 0 saturated carbocycles. The van der Waals surface area contributed by atoms with Crippen molar-refractivity contribution >= 4 is 5.91 Å². The smallest absolute Gasteiger partial charge is 0.220 e. The van der Waals surface area contributed by atoms with Gasteiger partial charge in [0.15, 0.2) is 0 Å². The fraction of sp³-hybridized carbons (Fsp3) is 0.900. The summed E-state index contributed by atoms with van der Waals surface area (Å²) >= 11 is 0. The van der Waals surface area contributed by atoms with Crippen LogP contribution in [0, 0.1) is 5.92 Å². The molecule has 0 aliphatic carbocycles. The van der Waals surface area contributed by atoms with E-state index in [2.05, 4.69) is 12.2 Å². The van der Waals surface area contributed by atoms with Crippen LogP contribution in [0.2, 0.25) is 0 Å². The van der Waals surface area contributed by atoms with E-state index in [1.165, 1.54) is 0 Å². The molecule has 0 bridgehead atoms. The molecule has 13 heavy (non-hydrogen) atoms. The second kappa shape index (κ2) is 6.89. The second-order valence-corrected chi connectivity index (χ2v) is 3.72. The molecule has 1 unspecified atom stereocenters. The number of hydrogen-bond donors (Lipinski definition) is 2. The molecule has 0 spiro atoms. The molecule has 0 heterocycles. The van der Waals surface area contributed by atoms with Crippen molar-refractivity contribution in [3.8, 4) is 0 Å². The van der Waals surface area contributed by atoms with Gasteiger partial charge in [0, 0.05) is 13.0 Å². The molecule has 0 aromatic rings. The summed E-state index contributed by atoms with van der Waals surface area (Å²) in [6.07, 6.45) is 2.09. The van der Waals surface area contributed by atoms with Gasteiger partial charge in [-0.15, -0.1) is 0 Å². The van der Waals surface area contributed by atoms with Gasteiger partial charge in [0.25, 0.3) is 0 Å². The van der Waals surface area contributed by atoms with Crippen LogP contribution in [0.15, 0.2) is 0 Å². The molecule has 78 valence electrons. The van der Waals surface area contributed by atoms with Crippen LogP contribution in [0.5, 0.6) is 0 Å². The van der Waals surface area contributed by atoms with E-state index in [0.717, 1.165) is 12.8 Å². The molecule has 0 saturated heterocycles. The summed E-state index contributed by atoms with van der Waals surface area (Å²) in [5, 5.41) is 12.1. The number of nitrogens with one attached hydrogen (secondary N) is 1. The van der Waals surface area contributed by atoms with Crippen LogP contribution < -0.4 is 5.32 Å². The van der Waals surface area contributed by atoms with E-state index in [-0.39, 0.29) is 11.8 Å². The monoisotopic (exact) mass is 187 g/mol. The Morgan fingerprint density at radius 1 is 1.46 bits per heavy atom. The minimum atomic E-state index is -0.425. The number of carbonyl (C=O) groups is 1. The summed E-state index contributed by atoms with van der Waals surface area (Å²) in [5.74, 6) is 0.244. The number of hydrogen-bond acceptors (Lipinski definition) is 2. The Morgan fingerprint density at radius 2 is 2.08 bits per heavy atom. The highest BCUT2D eigenvalue weighted by Gasteiger charge is 2.09. The van der Waals surface area contributed by atoms with Crippen molar-refractivity contribution < 1.29 is 9.90 Å². The highest BCUT2D eigenvalue weighted by Crippen LogP contribution is 1.99. The molecule has 0 aliphatic heterocycles. The fourth-order valence-electron chi connectivity index (χ4n) is 0.880. The van der Waals surface area contributed by atoms with Crippen molar-refractivity contribution in [1.82, 2.24) is 5.32 Å². The Morgan fingerprint density at radius 3 is 2.54 bits per heavy atom. The van der Waals surface area contributed by atoms with Crippen molar-refractivity contribution in [2.24, 2.45) is 5.92 Å². The van der Waals surface area contributed by atoms with Crippen molar-refractivity contribution in [2.75, 3.05) is 6.54 Å². The van der Waals surface area contributed by atoms with Crippen LogP contribution in [-0.2, 0) is 4.79 Å². The minimum absolute atomic E-state index is 0.0431. The predicted octanol–water partition coefficient (Wildman–Crippen LogP) is 1.31. The summed E-state index contributed by atoms with van der Waals surface area (Å²) in [6.45, 7) is 6.29. The molecular formula is C10H21NO2. The van der Waals surface area contributed by atoms with Gasteiger partial charge in [-0.05, 0) is 12.3 Å². The number of carbonyl (C=O) groups excluding carboxylic acids is 1. The highest BCUT2D eigenvalue weighted by atomic mass is 16.3. The first-order chi connectivity index (χ1) is 6.07. The van der Waals surface area contributed by atoms with Crippen molar-refractivity contribution in [1.29, 1.82) is 0 Å². The topological polar surface area (TPSA) is 49.3 Å². The first kappa shape index (κ1) is 12.4. The van der Waals surface area contributed by atoms with E-state index < -0.39 is 6.10 Å². The van der Waals surface area contributed by atoms with E-state index in [9.17, 15) is 9.90 Å². The third-order valence-electron chi connectivity index (χ3n) is 2.04. The second-order valence-electron chi connectivity index (χ2n) is 3.72. The van der Waals surface area contributed by atoms with Gasteiger partial charge in [-0.2, -0.15) is 0 Å². The van der Waals surface area contributed by atoms with Gasteiger partial charge in [0.1, 0.15) is 0 Å². The standard InChI is InChI=1S/C10H21NO2/c1-4-5-6-10(13)11-7-9(12)8(2)3/h8-9,12H,4-7H2,1-3H3,(H,11,13). The number of aliphatic hydroxyl groups excluding tert-OH is 1. The maximum absolute atomic E-state index is 11.1. The van der Waals surface area contributed by atoms with Crippen LogP contribution >= 0.6 is 0 Å². The highest BCUT2D eigenvalue weighted by molar-refractivity contribution is 5.75. The summed E-state index contributed by atoms with van der Waals surface area (Å²) < 4.78 is 0. The number of unbranched alkanes of at least 4 members (excludes halogenated alkanes) is 1. The molecular weight excluding hydrogens is 166 g/mol. The Kier molecular flexibility index (Phi) is 6.59. The maximum Gasteiger partial charge on any atom is 0.220 e. The van der Waals surface area contributed by atoms with Gasteiger partial charge in [-0.1, -0.05) is 27.2 Å². The van der Waals surface area contributed by atoms with Gasteiger partial charge < -0.3 is 10.4 Å². The lowest BCUT2D eigenvalue weighted by Gasteiger charge is -2.14. The molecule has 1 atom stereocenters. The normalized spacial score (nSPS) is 13.0. The third kappa shape index (κ3) is 6.58. The summed E-state index contributed by atoms with van der Waals surface area (Å²) in [7, 11) is 0. The van der Waals surface area contributed by atoms with Crippen LogP contribution in [0.1, 0.15) is 40.0 Å². The van der Waals surface area contributed by atoms with Crippen LogP contribution in [-0.4, -0.2) is 23.7 Å². The van der Waals surface area contributed by atoms with E-state index >= 15 is 0 Å². The van der Waals surface area contributed by atoms with E-state index in [1.54, 1.807) is 0 Å². The Hall–Kier alpha value is -0.570. The lowest BCUT2D eigenvalue weighted by Crippen LogP contribution is -2.34. The SMILES string of the molecule is CCCCC(=O)NCC(O)C(C)C. The maximum atomic E-state index is 11.1. The van der Waals surface area contributed by atoms with Gasteiger partial charge in [-0.3, -0.25) is 4.79 Å². The van der Waals surface area contributed by atoms with Gasteiger partial charge >= 0.3 is 0 Å². The Bertz CT molecular complexity index is 146. The average Bonchev–Trinajstić information content (AvgIpc) is 2.10. The van der Waals surface area contributed by atoms with Crippen molar-refractivity contribution in [3.63, 3.8) is 0 Å². The van der Waals surface area contributed by atoms with Gasteiger partial charge in [0.2, 0.25) is 5.91 Å². The van der Waals surface area contributed by atoms with Gasteiger partial charge in [0.05, 0.1) is 6.10 Å². The average molecular weight is 187 g/mol. The third-order valence-corrected chi connectivity index (χ3v) is 2.04. The first-order valence-electron chi connectivity index (χ1n) is 5.02. The zero-order valence-electron chi connectivity index (χ0n) is 8.84. The summed E-state index contributed by atoms with van der Waals surface area (Å²) in [4.78, 5) is 11.1. The first-order valence-corrected chi connectivity index (χ1v) is 5.02. The van der Waals surface area contributed by atoms with Crippen LogP contribution in [0.25, 0.3) is 0 Å². The summed E-state index contributed by atoms with van der Waals surface area (Å²) in [5.41, 5.74) is 0. The number of rotatable bonds is 6. The molecule has 3 heteroatoms. The molecule has 0 fully saturated rings. The molecule has 1 amide bonds. The molecule has 3 nitrogen and oxygen atoms in total. The molecule has 0 rings (SSSR count). The largest absolute Gasteiger partial charge is 0.391 e. The van der Waals surface area contributed by atoms with Crippen LogP contribution in [0.3, 0.4) is 0 Å². The zero-order chi connectivity index (χ0) is 10.3. The lowest BCUT2D eigenvalue weighted by molar-refractivity contribution is -0.121. The van der Waals surface area contributed by atoms with Crippen molar-refractivity contribution in [3.05, 3.63) is 0 Å². The Balaban J connectivity index is 3.46. The minimum Gasteiger partial charge on any atom is -0.391 e. The Labute approximate surface area is 80.5 Å². The zero-order valence-corrected chi connectivity index (χ0v) is 8.84. The number of amides is 1. The lowest BCUT2D eigenvalue weighted by atomic mass is 10.1. The van der Waals surface area contributed by atoms with E-state index in [0.29, 0.717) is 13.0 Å². The number of aliphatic hydroxyl groups is 1. The van der Waals surface area contributed by atoms with Gasteiger partial charge in [-0.25, -0.2) is 0 Å². The fourth-order valence-corrected chi connectivity index (χ4v) is 0.880.